The number of allylic oxidation sites excluding steroid dienone is 1. The van der Waals surface area contributed by atoms with E-state index in [4.69, 9.17) is 4.74 Å². The fourth-order valence-corrected chi connectivity index (χ4v) is 4.60. The fourth-order valence-electron chi connectivity index (χ4n) is 4.60. The second kappa shape index (κ2) is 10.3. The third-order valence-electron chi connectivity index (χ3n) is 6.52. The zero-order valence-corrected chi connectivity index (χ0v) is 19.1. The van der Waals surface area contributed by atoms with Crippen LogP contribution in [0, 0.1) is 30.3 Å². The normalized spacial score (nSPS) is 18.6. The van der Waals surface area contributed by atoms with Gasteiger partial charge in [-0.1, -0.05) is 54.1 Å². The summed E-state index contributed by atoms with van der Waals surface area (Å²) in [5.41, 5.74) is 3.04. The molecule has 3 aromatic carbocycles. The first kappa shape index (κ1) is 23.2. The van der Waals surface area contributed by atoms with Crippen molar-refractivity contribution in [1.29, 1.82) is 0 Å². The Morgan fingerprint density at radius 2 is 1.61 bits per heavy atom. The van der Waals surface area contributed by atoms with Crippen molar-refractivity contribution in [2.75, 3.05) is 6.61 Å². The smallest absolute Gasteiger partial charge is 0.166 e. The quantitative estimate of drug-likeness (QED) is 0.366. The molecule has 1 saturated carbocycles. The summed E-state index contributed by atoms with van der Waals surface area (Å²) in [5, 5.41) is 0. The standard InChI is InChI=1S/C29H29F3O/c1-3-33-24-15-14-23(27(30)18-24)13-8-20-6-11-22(12-7-20)26-17-16-25(28(31)29(26)32)21-9-4-19(2)5-10-21/h4-5,8-10,13-18,20,22H,3,6-7,11-12H2,1-2H3/b13-8+. The highest BCUT2D eigenvalue weighted by atomic mass is 19.2. The third-order valence-corrected chi connectivity index (χ3v) is 6.52. The molecule has 0 bridgehead atoms. The maximum Gasteiger partial charge on any atom is 0.166 e. The highest BCUT2D eigenvalue weighted by Gasteiger charge is 2.25. The molecule has 0 N–H and O–H groups in total. The van der Waals surface area contributed by atoms with Gasteiger partial charge in [0, 0.05) is 17.2 Å². The molecule has 1 nitrogen and oxygen atoms in total. The molecule has 1 aliphatic rings. The van der Waals surface area contributed by atoms with Gasteiger partial charge in [-0.15, -0.1) is 0 Å². The van der Waals surface area contributed by atoms with Gasteiger partial charge in [-0.2, -0.15) is 0 Å². The maximum absolute atomic E-state index is 15.0. The zero-order chi connectivity index (χ0) is 23.4. The highest BCUT2D eigenvalue weighted by molar-refractivity contribution is 5.65. The fraction of sp³-hybridized carbons (Fsp3) is 0.310. The highest BCUT2D eigenvalue weighted by Crippen LogP contribution is 2.39. The average Bonchev–Trinajstić information content (AvgIpc) is 2.82. The van der Waals surface area contributed by atoms with Gasteiger partial charge in [0.1, 0.15) is 11.6 Å². The van der Waals surface area contributed by atoms with E-state index in [1.165, 1.54) is 6.07 Å². The van der Waals surface area contributed by atoms with Crippen molar-refractivity contribution >= 4 is 6.08 Å². The Bertz CT molecular complexity index is 1130. The minimum atomic E-state index is -0.774. The van der Waals surface area contributed by atoms with E-state index in [1.807, 2.05) is 50.3 Å². The Balaban J connectivity index is 1.41. The lowest BCUT2D eigenvalue weighted by Crippen LogP contribution is -2.13. The van der Waals surface area contributed by atoms with Crippen LogP contribution >= 0.6 is 0 Å². The van der Waals surface area contributed by atoms with Gasteiger partial charge in [0.05, 0.1) is 6.61 Å². The first-order chi connectivity index (χ1) is 16.0. The van der Waals surface area contributed by atoms with Crippen molar-refractivity contribution in [1.82, 2.24) is 0 Å². The van der Waals surface area contributed by atoms with Crippen molar-refractivity contribution in [3.8, 4) is 16.9 Å². The summed E-state index contributed by atoms with van der Waals surface area (Å²) >= 11 is 0. The van der Waals surface area contributed by atoms with Gasteiger partial charge in [0.15, 0.2) is 11.6 Å². The summed E-state index contributed by atoms with van der Waals surface area (Å²) in [6.45, 7) is 4.32. The van der Waals surface area contributed by atoms with Crippen LogP contribution in [0.1, 0.15) is 55.2 Å². The van der Waals surface area contributed by atoms with E-state index in [2.05, 4.69) is 0 Å². The molecular formula is C29H29F3O. The number of rotatable bonds is 6. The summed E-state index contributed by atoms with van der Waals surface area (Å²) < 4.78 is 49.4. The lowest BCUT2D eigenvalue weighted by atomic mass is 9.78. The molecule has 0 amide bonds. The molecule has 172 valence electrons. The minimum absolute atomic E-state index is 0.00145. The van der Waals surface area contributed by atoms with Gasteiger partial charge in [-0.3, -0.25) is 0 Å². The van der Waals surface area contributed by atoms with Crippen LogP contribution in [0.25, 0.3) is 17.2 Å². The lowest BCUT2D eigenvalue weighted by molar-refractivity contribution is 0.338. The molecule has 0 radical (unpaired) electrons. The molecule has 0 saturated heterocycles. The van der Waals surface area contributed by atoms with Gasteiger partial charge in [-0.25, -0.2) is 13.2 Å². The van der Waals surface area contributed by atoms with Gasteiger partial charge < -0.3 is 4.74 Å². The summed E-state index contributed by atoms with van der Waals surface area (Å²) in [6, 6.07) is 15.7. The SMILES string of the molecule is CCOc1ccc(/C=C/C2CCC(c3ccc(-c4ccc(C)cc4)c(F)c3F)CC2)c(F)c1. The number of ether oxygens (including phenoxy) is 1. The first-order valence-electron chi connectivity index (χ1n) is 11.6. The van der Waals surface area contributed by atoms with E-state index in [0.29, 0.717) is 40.5 Å². The largest absolute Gasteiger partial charge is 0.494 e. The van der Waals surface area contributed by atoms with Crippen LogP contribution < -0.4 is 4.74 Å². The molecule has 4 rings (SSSR count). The molecule has 33 heavy (non-hydrogen) atoms. The molecule has 1 fully saturated rings. The zero-order valence-electron chi connectivity index (χ0n) is 19.1. The van der Waals surface area contributed by atoms with Crippen molar-refractivity contribution in [3.63, 3.8) is 0 Å². The van der Waals surface area contributed by atoms with E-state index in [9.17, 15) is 13.2 Å². The molecule has 0 spiro atoms. The molecular weight excluding hydrogens is 421 g/mol. The van der Waals surface area contributed by atoms with Crippen LogP contribution in [0.3, 0.4) is 0 Å². The van der Waals surface area contributed by atoms with Gasteiger partial charge >= 0.3 is 0 Å². The van der Waals surface area contributed by atoms with E-state index in [1.54, 1.807) is 24.3 Å². The van der Waals surface area contributed by atoms with Gasteiger partial charge in [0.25, 0.3) is 0 Å². The molecule has 0 aromatic heterocycles. The maximum atomic E-state index is 15.0. The summed E-state index contributed by atoms with van der Waals surface area (Å²) in [7, 11) is 0. The second-order valence-electron chi connectivity index (χ2n) is 8.78. The third kappa shape index (κ3) is 5.32. The molecule has 3 aromatic rings. The van der Waals surface area contributed by atoms with Crippen LogP contribution in [0.2, 0.25) is 0 Å². The van der Waals surface area contributed by atoms with Crippen LogP contribution in [0.4, 0.5) is 13.2 Å². The van der Waals surface area contributed by atoms with Crippen molar-refractivity contribution in [3.05, 3.63) is 94.8 Å². The summed E-state index contributed by atoms with van der Waals surface area (Å²) in [6.07, 6.45) is 7.13. The number of halogens is 3. The van der Waals surface area contributed by atoms with Crippen LogP contribution in [-0.4, -0.2) is 6.61 Å². The minimum Gasteiger partial charge on any atom is -0.494 e. The lowest BCUT2D eigenvalue weighted by Gasteiger charge is -2.27. The predicted octanol–water partition coefficient (Wildman–Crippen LogP) is 8.47. The first-order valence-corrected chi connectivity index (χ1v) is 11.6. The van der Waals surface area contributed by atoms with Gasteiger partial charge in [0.2, 0.25) is 0 Å². The Labute approximate surface area is 193 Å². The van der Waals surface area contributed by atoms with E-state index < -0.39 is 11.6 Å². The Hall–Kier alpha value is -3.01. The molecule has 0 aliphatic heterocycles. The van der Waals surface area contributed by atoms with Crippen molar-refractivity contribution < 1.29 is 17.9 Å². The van der Waals surface area contributed by atoms with Crippen molar-refractivity contribution in [2.24, 2.45) is 5.92 Å². The van der Waals surface area contributed by atoms with E-state index in [-0.39, 0.29) is 11.7 Å². The Morgan fingerprint density at radius 3 is 2.27 bits per heavy atom. The predicted molar refractivity (Wildman–Crippen MR) is 128 cm³/mol. The van der Waals surface area contributed by atoms with E-state index in [0.717, 1.165) is 31.2 Å². The number of aryl methyl sites for hydroxylation is 1. The van der Waals surface area contributed by atoms with Crippen LogP contribution in [0.15, 0.2) is 60.7 Å². The van der Waals surface area contributed by atoms with Gasteiger partial charge in [-0.05, 0) is 74.6 Å². The van der Waals surface area contributed by atoms with Crippen molar-refractivity contribution in [2.45, 2.75) is 45.4 Å². The number of hydrogen-bond donors (Lipinski definition) is 0. The van der Waals surface area contributed by atoms with Crippen LogP contribution in [0.5, 0.6) is 5.75 Å². The summed E-state index contributed by atoms with van der Waals surface area (Å²) in [5.74, 6) is -0.995. The molecule has 1 aliphatic carbocycles. The second-order valence-corrected chi connectivity index (χ2v) is 8.78. The van der Waals surface area contributed by atoms with Crippen LogP contribution in [-0.2, 0) is 0 Å². The molecule has 0 unspecified atom stereocenters. The molecule has 4 heteroatoms. The summed E-state index contributed by atoms with van der Waals surface area (Å²) in [4.78, 5) is 0. The molecule has 0 heterocycles. The molecule has 0 atom stereocenters. The average molecular weight is 451 g/mol. The number of benzene rings is 3. The number of hydrogen-bond acceptors (Lipinski definition) is 1. The Kier molecular flexibility index (Phi) is 7.22. The monoisotopic (exact) mass is 450 g/mol. The van der Waals surface area contributed by atoms with E-state index >= 15 is 0 Å². The topological polar surface area (TPSA) is 9.23 Å². The Morgan fingerprint density at radius 1 is 0.879 bits per heavy atom.